The van der Waals surface area contributed by atoms with Crippen LogP contribution in [-0.2, 0) is 12.8 Å². The Morgan fingerprint density at radius 3 is 2.75 bits per heavy atom. The molecule has 16 heavy (non-hydrogen) atoms. The number of thiophene rings is 1. The minimum atomic E-state index is -0.337. The van der Waals surface area contributed by atoms with Crippen molar-refractivity contribution in [2.45, 2.75) is 25.9 Å². The maximum atomic E-state index is 9.93. The van der Waals surface area contributed by atoms with Crippen molar-refractivity contribution >= 4 is 38.6 Å². The molecule has 0 aromatic carbocycles. The highest BCUT2D eigenvalue weighted by Gasteiger charge is 2.10. The Hall–Kier alpha value is -0.230. The van der Waals surface area contributed by atoms with E-state index >= 15 is 0 Å². The van der Waals surface area contributed by atoms with Gasteiger partial charge in [0.25, 0.3) is 0 Å². The van der Waals surface area contributed by atoms with Gasteiger partial charge in [-0.15, -0.1) is 22.7 Å². The van der Waals surface area contributed by atoms with Crippen LogP contribution in [0.25, 0.3) is 0 Å². The molecule has 2 rings (SSSR count). The first-order chi connectivity index (χ1) is 7.63. The molecule has 0 spiro atoms. The molecule has 2 nitrogen and oxygen atoms in total. The lowest BCUT2D eigenvalue weighted by molar-refractivity contribution is 0.176. The zero-order valence-electron chi connectivity index (χ0n) is 8.81. The standard InChI is InChI=1S/C11H12BrNOS2/c1-7-5-16-11(13-7)4-9(14)3-10-2-8(12)6-15-10/h2,5-6,9,14H,3-4H2,1H3. The van der Waals surface area contributed by atoms with Crippen LogP contribution in [0.3, 0.4) is 0 Å². The molecule has 0 saturated carbocycles. The van der Waals surface area contributed by atoms with Gasteiger partial charge in [-0.3, -0.25) is 0 Å². The Kier molecular flexibility index (Phi) is 4.13. The number of rotatable bonds is 4. The average Bonchev–Trinajstić information content (AvgIpc) is 2.76. The number of aliphatic hydroxyl groups is 1. The number of nitrogens with zero attached hydrogens (tertiary/aromatic N) is 1. The van der Waals surface area contributed by atoms with Crippen LogP contribution >= 0.6 is 38.6 Å². The second-order valence-electron chi connectivity index (χ2n) is 3.68. The summed E-state index contributed by atoms with van der Waals surface area (Å²) in [6.07, 6.45) is 1.01. The van der Waals surface area contributed by atoms with Crippen molar-refractivity contribution in [3.8, 4) is 0 Å². The van der Waals surface area contributed by atoms with Crippen molar-refractivity contribution in [1.82, 2.24) is 4.98 Å². The quantitative estimate of drug-likeness (QED) is 0.937. The second kappa shape index (κ2) is 5.40. The Labute approximate surface area is 111 Å². The predicted molar refractivity (Wildman–Crippen MR) is 72.3 cm³/mol. The highest BCUT2D eigenvalue weighted by Crippen LogP contribution is 2.22. The fourth-order valence-electron chi connectivity index (χ4n) is 1.46. The van der Waals surface area contributed by atoms with E-state index in [1.807, 2.05) is 17.7 Å². The van der Waals surface area contributed by atoms with Crippen LogP contribution in [0.5, 0.6) is 0 Å². The molecule has 5 heteroatoms. The number of hydrogen-bond donors (Lipinski definition) is 1. The van der Waals surface area contributed by atoms with Crippen molar-refractivity contribution < 1.29 is 5.11 Å². The number of aromatic nitrogens is 1. The molecule has 0 bridgehead atoms. The first kappa shape index (κ1) is 12.2. The van der Waals surface area contributed by atoms with E-state index in [9.17, 15) is 5.11 Å². The first-order valence-corrected chi connectivity index (χ1v) is 7.50. The van der Waals surface area contributed by atoms with Crippen LogP contribution in [0, 0.1) is 6.92 Å². The van der Waals surface area contributed by atoms with E-state index < -0.39 is 0 Å². The minimum absolute atomic E-state index is 0.337. The average molecular weight is 318 g/mol. The summed E-state index contributed by atoms with van der Waals surface area (Å²) in [4.78, 5) is 5.55. The van der Waals surface area contributed by atoms with Crippen LogP contribution in [0.2, 0.25) is 0 Å². The van der Waals surface area contributed by atoms with Gasteiger partial charge in [-0.05, 0) is 28.9 Å². The summed E-state index contributed by atoms with van der Waals surface area (Å²) in [5.74, 6) is 0. The molecule has 1 atom stereocenters. The maximum Gasteiger partial charge on any atom is 0.0954 e. The summed E-state index contributed by atoms with van der Waals surface area (Å²) < 4.78 is 1.09. The molecule has 0 radical (unpaired) electrons. The van der Waals surface area contributed by atoms with Gasteiger partial charge in [-0.2, -0.15) is 0 Å². The van der Waals surface area contributed by atoms with Gasteiger partial charge in [0.1, 0.15) is 0 Å². The lowest BCUT2D eigenvalue weighted by Crippen LogP contribution is -2.12. The van der Waals surface area contributed by atoms with Crippen molar-refractivity contribution in [2.75, 3.05) is 0 Å². The van der Waals surface area contributed by atoms with Gasteiger partial charge in [0.05, 0.1) is 11.1 Å². The molecule has 0 amide bonds. The molecule has 2 aromatic rings. The summed E-state index contributed by atoms with van der Waals surface area (Å²) in [6.45, 7) is 1.97. The third-order valence-corrected chi connectivity index (χ3v) is 4.84. The number of aryl methyl sites for hydroxylation is 1. The van der Waals surface area contributed by atoms with Crippen LogP contribution in [-0.4, -0.2) is 16.2 Å². The zero-order chi connectivity index (χ0) is 11.5. The van der Waals surface area contributed by atoms with E-state index in [1.165, 1.54) is 4.88 Å². The molecule has 1 N–H and O–H groups in total. The predicted octanol–water partition coefficient (Wildman–Crippen LogP) is 3.42. The van der Waals surface area contributed by atoms with Crippen LogP contribution in [0.4, 0.5) is 0 Å². The van der Waals surface area contributed by atoms with Gasteiger partial charge in [0.2, 0.25) is 0 Å². The van der Waals surface area contributed by atoms with Crippen LogP contribution < -0.4 is 0 Å². The lowest BCUT2D eigenvalue weighted by Gasteiger charge is -2.06. The van der Waals surface area contributed by atoms with Crippen molar-refractivity contribution in [3.63, 3.8) is 0 Å². The topological polar surface area (TPSA) is 33.1 Å². The van der Waals surface area contributed by atoms with Gasteiger partial charge in [0.15, 0.2) is 0 Å². The van der Waals surface area contributed by atoms with Gasteiger partial charge in [0, 0.05) is 38.6 Å². The fraction of sp³-hybridized carbons (Fsp3) is 0.364. The number of thiazole rings is 1. The summed E-state index contributed by atoms with van der Waals surface area (Å²) in [5, 5.41) is 15.0. The Morgan fingerprint density at radius 2 is 2.19 bits per heavy atom. The molecular formula is C11H12BrNOS2. The largest absolute Gasteiger partial charge is 0.392 e. The third-order valence-electron chi connectivity index (χ3n) is 2.14. The van der Waals surface area contributed by atoms with Crippen molar-refractivity contribution in [1.29, 1.82) is 0 Å². The number of halogens is 1. The third kappa shape index (κ3) is 3.38. The summed E-state index contributed by atoms with van der Waals surface area (Å²) in [6, 6.07) is 2.06. The van der Waals surface area contributed by atoms with Crippen molar-refractivity contribution in [3.05, 3.63) is 36.9 Å². The van der Waals surface area contributed by atoms with Crippen LogP contribution in [0.15, 0.2) is 21.3 Å². The van der Waals surface area contributed by atoms with E-state index in [0.29, 0.717) is 12.8 Å². The molecule has 2 heterocycles. The Bertz CT molecular complexity index is 424. The number of hydrogen-bond acceptors (Lipinski definition) is 4. The highest BCUT2D eigenvalue weighted by atomic mass is 79.9. The SMILES string of the molecule is Cc1csc(CC(O)Cc2cc(Br)cs2)n1. The molecule has 86 valence electrons. The molecule has 2 aromatic heterocycles. The fourth-order valence-corrected chi connectivity index (χ4v) is 3.83. The van der Waals surface area contributed by atoms with E-state index in [2.05, 4.69) is 27.0 Å². The van der Waals surface area contributed by atoms with E-state index in [-0.39, 0.29) is 6.10 Å². The minimum Gasteiger partial charge on any atom is -0.392 e. The monoisotopic (exact) mass is 317 g/mol. The summed E-state index contributed by atoms with van der Waals surface area (Å²) >= 11 is 6.70. The Morgan fingerprint density at radius 1 is 1.38 bits per heavy atom. The summed E-state index contributed by atoms with van der Waals surface area (Å²) in [7, 11) is 0. The van der Waals surface area contributed by atoms with Gasteiger partial charge in [-0.25, -0.2) is 4.98 Å². The number of aliphatic hydroxyl groups excluding tert-OH is 1. The second-order valence-corrected chi connectivity index (χ2v) is 6.53. The molecule has 0 fully saturated rings. The van der Waals surface area contributed by atoms with Crippen LogP contribution in [0.1, 0.15) is 15.6 Å². The zero-order valence-corrected chi connectivity index (χ0v) is 12.0. The molecule has 1 unspecified atom stereocenters. The maximum absolute atomic E-state index is 9.93. The highest BCUT2D eigenvalue weighted by molar-refractivity contribution is 9.10. The van der Waals surface area contributed by atoms with E-state index in [1.54, 1.807) is 22.7 Å². The molecular weight excluding hydrogens is 306 g/mol. The van der Waals surface area contributed by atoms with Gasteiger partial charge < -0.3 is 5.11 Å². The molecule has 0 aliphatic heterocycles. The Balaban J connectivity index is 1.91. The molecule has 0 saturated heterocycles. The van der Waals surface area contributed by atoms with Gasteiger partial charge in [-0.1, -0.05) is 0 Å². The van der Waals surface area contributed by atoms with E-state index in [0.717, 1.165) is 15.2 Å². The first-order valence-electron chi connectivity index (χ1n) is 4.95. The van der Waals surface area contributed by atoms with E-state index in [4.69, 9.17) is 0 Å². The smallest absolute Gasteiger partial charge is 0.0954 e. The van der Waals surface area contributed by atoms with Crippen molar-refractivity contribution in [2.24, 2.45) is 0 Å². The lowest BCUT2D eigenvalue weighted by atomic mass is 10.2. The molecule has 0 aliphatic rings. The summed E-state index contributed by atoms with van der Waals surface area (Å²) in [5.41, 5.74) is 1.03. The normalized spacial score (nSPS) is 12.9. The van der Waals surface area contributed by atoms with Gasteiger partial charge >= 0.3 is 0 Å². The molecule has 0 aliphatic carbocycles.